The van der Waals surface area contributed by atoms with Crippen molar-refractivity contribution < 1.29 is 14.2 Å². The highest BCUT2D eigenvalue weighted by Gasteiger charge is 2.04. The number of hydrogen-bond acceptors (Lipinski definition) is 3. The maximum absolute atomic E-state index is 5.12. The molecule has 1 rings (SSSR count). The third-order valence-electron chi connectivity index (χ3n) is 1.56. The van der Waals surface area contributed by atoms with Gasteiger partial charge in [0, 0.05) is 6.07 Å². The van der Waals surface area contributed by atoms with Crippen LogP contribution in [0.25, 0.3) is 0 Å². The maximum atomic E-state index is 5.12. The molecule has 3 nitrogen and oxygen atoms in total. The van der Waals surface area contributed by atoms with Crippen LogP contribution in [0.1, 0.15) is 0 Å². The fourth-order valence-corrected chi connectivity index (χ4v) is 1.00. The van der Waals surface area contributed by atoms with Gasteiger partial charge in [0.15, 0.2) is 11.5 Å². The van der Waals surface area contributed by atoms with Crippen LogP contribution in [0.15, 0.2) is 43.9 Å². The van der Waals surface area contributed by atoms with E-state index in [9.17, 15) is 0 Å². The second kappa shape index (κ2) is 4.97. The Morgan fingerprint density at radius 3 is 2.36 bits per heavy atom. The molecule has 1 aromatic carbocycles. The van der Waals surface area contributed by atoms with Gasteiger partial charge in [0.1, 0.15) is 5.75 Å². The largest absolute Gasteiger partial charge is 0.493 e. The van der Waals surface area contributed by atoms with Gasteiger partial charge in [-0.05, 0) is 12.1 Å². The highest BCUT2D eigenvalue weighted by atomic mass is 16.5. The Balaban J connectivity index is 2.97. The summed E-state index contributed by atoms with van der Waals surface area (Å²) in [6.07, 6.45) is 2.69. The summed E-state index contributed by atoms with van der Waals surface area (Å²) in [6, 6.07) is 5.20. The molecule has 0 saturated carbocycles. The summed E-state index contributed by atoms with van der Waals surface area (Å²) in [4.78, 5) is 0. The van der Waals surface area contributed by atoms with Gasteiger partial charge in [-0.15, -0.1) is 0 Å². The number of benzene rings is 1. The van der Waals surface area contributed by atoms with Gasteiger partial charge in [0.25, 0.3) is 0 Å². The average Bonchev–Trinajstić information content (AvgIpc) is 2.21. The van der Waals surface area contributed by atoms with Crippen LogP contribution < -0.4 is 14.2 Å². The predicted molar refractivity (Wildman–Crippen MR) is 54.6 cm³/mol. The molecule has 0 fully saturated rings. The van der Waals surface area contributed by atoms with E-state index in [1.54, 1.807) is 25.3 Å². The lowest BCUT2D eigenvalue weighted by molar-refractivity contribution is 0.374. The Bertz CT molecular complexity index is 331. The van der Waals surface area contributed by atoms with Crippen molar-refractivity contribution >= 4 is 0 Å². The predicted octanol–water partition coefficient (Wildman–Crippen LogP) is 2.74. The minimum absolute atomic E-state index is 0.587. The van der Waals surface area contributed by atoms with E-state index >= 15 is 0 Å². The van der Waals surface area contributed by atoms with E-state index in [4.69, 9.17) is 14.2 Å². The molecule has 1 aromatic rings. The lowest BCUT2D eigenvalue weighted by atomic mass is 10.3. The van der Waals surface area contributed by atoms with Crippen LogP contribution in [0.3, 0.4) is 0 Å². The number of methoxy groups -OCH3 is 1. The van der Waals surface area contributed by atoms with Gasteiger partial charge in [0.2, 0.25) is 0 Å². The van der Waals surface area contributed by atoms with E-state index < -0.39 is 0 Å². The molecular weight excluding hydrogens is 180 g/mol. The van der Waals surface area contributed by atoms with Gasteiger partial charge in [-0.1, -0.05) is 13.2 Å². The molecule has 0 amide bonds. The third-order valence-corrected chi connectivity index (χ3v) is 1.56. The Morgan fingerprint density at radius 2 is 1.79 bits per heavy atom. The summed E-state index contributed by atoms with van der Waals surface area (Å²) in [5.41, 5.74) is 0. The molecule has 0 saturated heterocycles. The number of hydrogen-bond donors (Lipinski definition) is 0. The topological polar surface area (TPSA) is 27.7 Å². The zero-order valence-electron chi connectivity index (χ0n) is 8.03. The zero-order valence-corrected chi connectivity index (χ0v) is 8.03. The van der Waals surface area contributed by atoms with Crippen LogP contribution in [0.2, 0.25) is 0 Å². The van der Waals surface area contributed by atoms with Crippen molar-refractivity contribution in [2.75, 3.05) is 7.11 Å². The molecule has 0 bridgehead atoms. The van der Waals surface area contributed by atoms with E-state index in [-0.39, 0.29) is 0 Å². The molecule has 0 aliphatic rings. The Morgan fingerprint density at radius 1 is 1.07 bits per heavy atom. The van der Waals surface area contributed by atoms with Crippen LogP contribution in [-0.4, -0.2) is 7.11 Å². The normalized spacial score (nSPS) is 8.93. The molecular formula is C11H12O3. The van der Waals surface area contributed by atoms with Gasteiger partial charge >= 0.3 is 0 Å². The van der Waals surface area contributed by atoms with Crippen molar-refractivity contribution in [3.05, 3.63) is 43.9 Å². The molecule has 0 atom stereocenters. The first kappa shape index (κ1) is 10.2. The van der Waals surface area contributed by atoms with Crippen LogP contribution in [0.4, 0.5) is 0 Å². The molecule has 0 radical (unpaired) electrons. The molecule has 0 unspecified atom stereocenters. The fourth-order valence-electron chi connectivity index (χ4n) is 1.00. The van der Waals surface area contributed by atoms with Crippen LogP contribution >= 0.6 is 0 Å². The van der Waals surface area contributed by atoms with Gasteiger partial charge < -0.3 is 14.2 Å². The van der Waals surface area contributed by atoms with E-state index in [1.807, 2.05) is 0 Å². The zero-order chi connectivity index (χ0) is 10.4. The first-order valence-corrected chi connectivity index (χ1v) is 4.05. The maximum Gasteiger partial charge on any atom is 0.168 e. The van der Waals surface area contributed by atoms with Crippen molar-refractivity contribution in [3.63, 3.8) is 0 Å². The Labute approximate surface area is 83.2 Å². The second-order valence-corrected chi connectivity index (χ2v) is 2.38. The minimum Gasteiger partial charge on any atom is -0.493 e. The summed E-state index contributed by atoms with van der Waals surface area (Å²) in [5, 5.41) is 0. The van der Waals surface area contributed by atoms with Crippen molar-refractivity contribution in [1.82, 2.24) is 0 Å². The van der Waals surface area contributed by atoms with Gasteiger partial charge in [0.05, 0.1) is 19.6 Å². The summed E-state index contributed by atoms with van der Waals surface area (Å²) < 4.78 is 15.3. The van der Waals surface area contributed by atoms with Gasteiger partial charge in [-0.25, -0.2) is 0 Å². The highest BCUT2D eigenvalue weighted by molar-refractivity contribution is 5.45. The van der Waals surface area contributed by atoms with E-state index in [2.05, 4.69) is 13.2 Å². The van der Waals surface area contributed by atoms with E-state index in [1.165, 1.54) is 12.5 Å². The summed E-state index contributed by atoms with van der Waals surface area (Å²) in [5.74, 6) is 1.83. The fraction of sp³-hybridized carbons (Fsp3) is 0.0909. The molecule has 3 heteroatoms. The van der Waals surface area contributed by atoms with E-state index in [0.717, 1.165) is 0 Å². The lowest BCUT2D eigenvalue weighted by Crippen LogP contribution is -1.90. The average molecular weight is 192 g/mol. The smallest absolute Gasteiger partial charge is 0.168 e. The van der Waals surface area contributed by atoms with Crippen LogP contribution in [0, 0.1) is 0 Å². The number of ether oxygens (including phenoxy) is 3. The highest BCUT2D eigenvalue weighted by Crippen LogP contribution is 2.31. The van der Waals surface area contributed by atoms with Crippen molar-refractivity contribution in [2.24, 2.45) is 0 Å². The monoisotopic (exact) mass is 192 g/mol. The Hall–Kier alpha value is -1.90. The molecule has 0 aliphatic heterocycles. The molecule has 14 heavy (non-hydrogen) atoms. The molecule has 0 aliphatic carbocycles. The van der Waals surface area contributed by atoms with Crippen molar-refractivity contribution in [2.45, 2.75) is 0 Å². The SMILES string of the molecule is C=COc1ccc(OC=C)c(OC)c1. The van der Waals surface area contributed by atoms with Crippen molar-refractivity contribution in [3.8, 4) is 17.2 Å². The quantitative estimate of drug-likeness (QED) is 0.671. The van der Waals surface area contributed by atoms with E-state index in [0.29, 0.717) is 17.2 Å². The summed E-state index contributed by atoms with van der Waals surface area (Å²) >= 11 is 0. The first-order chi connectivity index (χ1) is 6.81. The molecule has 0 aromatic heterocycles. The lowest BCUT2D eigenvalue weighted by Gasteiger charge is -2.08. The molecule has 0 heterocycles. The Kier molecular flexibility index (Phi) is 3.61. The third kappa shape index (κ3) is 2.29. The minimum atomic E-state index is 0.587. The van der Waals surface area contributed by atoms with Gasteiger partial charge in [-0.2, -0.15) is 0 Å². The molecule has 0 spiro atoms. The molecule has 74 valence electrons. The molecule has 0 N–H and O–H groups in total. The van der Waals surface area contributed by atoms with Gasteiger partial charge in [-0.3, -0.25) is 0 Å². The second-order valence-electron chi connectivity index (χ2n) is 2.38. The first-order valence-electron chi connectivity index (χ1n) is 4.05. The van der Waals surface area contributed by atoms with Crippen LogP contribution in [-0.2, 0) is 0 Å². The summed E-state index contributed by atoms with van der Waals surface area (Å²) in [6.45, 7) is 6.92. The number of rotatable bonds is 5. The van der Waals surface area contributed by atoms with Crippen molar-refractivity contribution in [1.29, 1.82) is 0 Å². The van der Waals surface area contributed by atoms with Crippen LogP contribution in [0.5, 0.6) is 17.2 Å². The standard InChI is InChI=1S/C11H12O3/c1-4-13-9-6-7-10(14-5-2)11(8-9)12-3/h4-8H,1-2H2,3H3. The summed E-state index contributed by atoms with van der Waals surface area (Å²) in [7, 11) is 1.56.